The maximum absolute atomic E-state index is 11.8. The van der Waals surface area contributed by atoms with Crippen LogP contribution in [-0.4, -0.2) is 30.0 Å². The van der Waals surface area contributed by atoms with Gasteiger partial charge < -0.3 is 9.57 Å². The summed E-state index contributed by atoms with van der Waals surface area (Å²) >= 11 is 0. The zero-order valence-corrected chi connectivity index (χ0v) is 9.71. The third kappa shape index (κ3) is 2.17. The molecule has 0 aromatic heterocycles. The molecular weight excluding hydrogens is 238 g/mol. The normalized spacial score (nSPS) is 14.8. The summed E-state index contributed by atoms with van der Waals surface area (Å²) in [6, 6.07) is 6.41. The summed E-state index contributed by atoms with van der Waals surface area (Å²) < 4.78 is 5.00. The Hall–Kier alpha value is -2.37. The first-order valence-corrected chi connectivity index (χ1v) is 5.34. The van der Waals surface area contributed by atoms with Crippen LogP contribution in [0.25, 0.3) is 0 Å². The number of benzene rings is 1. The van der Waals surface area contributed by atoms with Crippen molar-refractivity contribution in [1.82, 2.24) is 5.06 Å². The molecule has 1 aliphatic rings. The van der Waals surface area contributed by atoms with E-state index in [9.17, 15) is 14.4 Å². The van der Waals surface area contributed by atoms with Crippen LogP contribution >= 0.6 is 0 Å². The van der Waals surface area contributed by atoms with Gasteiger partial charge in [0.25, 0.3) is 11.8 Å². The first-order valence-electron chi connectivity index (χ1n) is 5.34. The number of carbonyl (C=O) groups is 3. The van der Waals surface area contributed by atoms with Crippen molar-refractivity contribution < 1.29 is 24.0 Å². The van der Waals surface area contributed by atoms with Crippen molar-refractivity contribution in [2.75, 3.05) is 7.11 Å². The number of rotatable bonds is 3. The maximum Gasteiger partial charge on any atom is 0.367 e. The molecule has 1 aliphatic heterocycles. The van der Waals surface area contributed by atoms with Gasteiger partial charge in [-0.15, -0.1) is 5.06 Å². The van der Waals surface area contributed by atoms with Crippen molar-refractivity contribution in [2.24, 2.45) is 0 Å². The first kappa shape index (κ1) is 12.1. The van der Waals surface area contributed by atoms with E-state index >= 15 is 0 Å². The van der Waals surface area contributed by atoms with Crippen LogP contribution in [0, 0.1) is 0 Å². The number of hydrogen-bond acceptors (Lipinski definition) is 5. The number of hydroxylamine groups is 2. The maximum atomic E-state index is 11.8. The Morgan fingerprint density at radius 2 is 1.78 bits per heavy atom. The third-order valence-electron chi connectivity index (χ3n) is 2.51. The van der Waals surface area contributed by atoms with Crippen LogP contribution in [0.5, 0.6) is 5.75 Å². The molecule has 1 aromatic rings. The fourth-order valence-electron chi connectivity index (χ4n) is 1.60. The summed E-state index contributed by atoms with van der Waals surface area (Å²) in [7, 11) is 1.41. The Morgan fingerprint density at radius 3 is 2.39 bits per heavy atom. The van der Waals surface area contributed by atoms with E-state index in [1.807, 2.05) is 0 Å². The molecule has 2 rings (SSSR count). The summed E-state index contributed by atoms with van der Waals surface area (Å²) in [6.45, 7) is 0. The molecule has 6 heteroatoms. The second-order valence-electron chi connectivity index (χ2n) is 3.66. The van der Waals surface area contributed by atoms with Crippen LogP contribution < -0.4 is 4.74 Å². The highest BCUT2D eigenvalue weighted by atomic mass is 16.7. The van der Waals surface area contributed by atoms with Crippen LogP contribution in [0.3, 0.4) is 0 Å². The fraction of sp³-hybridized carbons (Fsp3) is 0.250. The van der Waals surface area contributed by atoms with Gasteiger partial charge in [-0.2, -0.15) is 0 Å². The van der Waals surface area contributed by atoms with E-state index in [1.165, 1.54) is 13.2 Å². The van der Waals surface area contributed by atoms with Crippen LogP contribution in [0.4, 0.5) is 0 Å². The Labute approximate surface area is 103 Å². The van der Waals surface area contributed by atoms with Gasteiger partial charge in [0.1, 0.15) is 11.3 Å². The van der Waals surface area contributed by atoms with Gasteiger partial charge in [0.05, 0.1) is 7.11 Å². The number of methoxy groups -OCH3 is 1. The van der Waals surface area contributed by atoms with Crippen molar-refractivity contribution in [2.45, 2.75) is 12.8 Å². The summed E-state index contributed by atoms with van der Waals surface area (Å²) in [6.07, 6.45) is 0.135. The first-order chi connectivity index (χ1) is 8.63. The van der Waals surface area contributed by atoms with E-state index in [4.69, 9.17) is 9.57 Å². The van der Waals surface area contributed by atoms with Gasteiger partial charge in [-0.3, -0.25) is 9.59 Å². The molecule has 2 amide bonds. The highest BCUT2D eigenvalue weighted by Crippen LogP contribution is 2.20. The zero-order valence-electron chi connectivity index (χ0n) is 9.71. The summed E-state index contributed by atoms with van der Waals surface area (Å²) in [5.74, 6) is -1.50. The Bertz CT molecular complexity index is 495. The minimum atomic E-state index is -0.795. The van der Waals surface area contributed by atoms with Crippen LogP contribution in [0.15, 0.2) is 24.3 Å². The van der Waals surface area contributed by atoms with E-state index in [0.717, 1.165) is 0 Å². The molecule has 0 spiro atoms. The summed E-state index contributed by atoms with van der Waals surface area (Å²) in [5, 5.41) is 0.509. The van der Waals surface area contributed by atoms with E-state index < -0.39 is 17.8 Å². The molecule has 1 aromatic carbocycles. The van der Waals surface area contributed by atoms with E-state index in [2.05, 4.69) is 0 Å². The highest BCUT2D eigenvalue weighted by molar-refractivity contribution is 6.03. The van der Waals surface area contributed by atoms with Gasteiger partial charge in [-0.25, -0.2) is 4.79 Å². The van der Waals surface area contributed by atoms with Crippen LogP contribution in [0.1, 0.15) is 23.2 Å². The van der Waals surface area contributed by atoms with E-state index in [-0.39, 0.29) is 18.4 Å². The number of imide groups is 1. The van der Waals surface area contributed by atoms with Gasteiger partial charge in [-0.1, -0.05) is 12.1 Å². The third-order valence-corrected chi connectivity index (χ3v) is 2.51. The van der Waals surface area contributed by atoms with Gasteiger partial charge in [0.15, 0.2) is 0 Å². The fourth-order valence-corrected chi connectivity index (χ4v) is 1.60. The molecule has 1 heterocycles. The molecule has 0 unspecified atom stereocenters. The minimum absolute atomic E-state index is 0.0675. The average Bonchev–Trinajstić information content (AvgIpc) is 2.70. The second-order valence-corrected chi connectivity index (χ2v) is 3.66. The van der Waals surface area contributed by atoms with E-state index in [1.54, 1.807) is 18.2 Å². The van der Waals surface area contributed by atoms with Crippen molar-refractivity contribution >= 4 is 17.8 Å². The zero-order chi connectivity index (χ0) is 13.1. The lowest BCUT2D eigenvalue weighted by atomic mass is 10.2. The molecule has 0 aliphatic carbocycles. The Balaban J connectivity index is 2.17. The number of ether oxygens (including phenoxy) is 1. The van der Waals surface area contributed by atoms with Crippen molar-refractivity contribution in [3.05, 3.63) is 29.8 Å². The number of carbonyl (C=O) groups excluding carboxylic acids is 3. The molecule has 1 saturated heterocycles. The number of hydrogen-bond donors (Lipinski definition) is 0. The van der Waals surface area contributed by atoms with Gasteiger partial charge in [-0.05, 0) is 12.1 Å². The quantitative estimate of drug-likeness (QED) is 0.744. The Kier molecular flexibility index (Phi) is 3.27. The molecule has 0 radical (unpaired) electrons. The largest absolute Gasteiger partial charge is 0.496 e. The smallest absolute Gasteiger partial charge is 0.367 e. The molecule has 6 nitrogen and oxygen atoms in total. The molecule has 1 fully saturated rings. The number of amides is 2. The second kappa shape index (κ2) is 4.87. The Morgan fingerprint density at radius 1 is 1.17 bits per heavy atom. The lowest BCUT2D eigenvalue weighted by Gasteiger charge is -2.13. The van der Waals surface area contributed by atoms with Gasteiger partial charge >= 0.3 is 5.97 Å². The molecule has 0 bridgehead atoms. The van der Waals surface area contributed by atoms with Crippen molar-refractivity contribution in [1.29, 1.82) is 0 Å². The molecule has 0 atom stereocenters. The van der Waals surface area contributed by atoms with Crippen LogP contribution in [0.2, 0.25) is 0 Å². The predicted octanol–water partition coefficient (Wildman–Crippen LogP) is 0.916. The van der Waals surface area contributed by atoms with Crippen LogP contribution in [-0.2, 0) is 14.4 Å². The number of nitrogens with zero attached hydrogens (tertiary/aromatic N) is 1. The van der Waals surface area contributed by atoms with E-state index in [0.29, 0.717) is 10.8 Å². The molecular formula is C12H11NO5. The molecule has 18 heavy (non-hydrogen) atoms. The SMILES string of the molecule is COc1ccccc1C(=O)ON1C(=O)CCC1=O. The predicted molar refractivity (Wildman–Crippen MR) is 59.5 cm³/mol. The molecule has 0 N–H and O–H groups in total. The van der Waals surface area contributed by atoms with Gasteiger partial charge in [0.2, 0.25) is 0 Å². The number of para-hydroxylation sites is 1. The van der Waals surface area contributed by atoms with Crippen molar-refractivity contribution in [3.63, 3.8) is 0 Å². The molecule has 0 saturated carbocycles. The lowest BCUT2D eigenvalue weighted by Crippen LogP contribution is -2.32. The van der Waals surface area contributed by atoms with Gasteiger partial charge in [0, 0.05) is 12.8 Å². The minimum Gasteiger partial charge on any atom is -0.496 e. The van der Waals surface area contributed by atoms with Crippen molar-refractivity contribution in [3.8, 4) is 5.75 Å². The standard InChI is InChI=1S/C12H11NO5/c1-17-9-5-3-2-4-8(9)12(16)18-13-10(14)6-7-11(13)15/h2-5H,6-7H2,1H3. The molecule has 94 valence electrons. The topological polar surface area (TPSA) is 72.9 Å². The monoisotopic (exact) mass is 249 g/mol. The lowest BCUT2D eigenvalue weighted by molar-refractivity contribution is -0.172. The highest BCUT2D eigenvalue weighted by Gasteiger charge is 2.33. The summed E-state index contributed by atoms with van der Waals surface area (Å²) in [5.41, 5.74) is 0.160. The summed E-state index contributed by atoms with van der Waals surface area (Å²) in [4.78, 5) is 39.2. The average molecular weight is 249 g/mol.